The summed E-state index contributed by atoms with van der Waals surface area (Å²) < 4.78 is 0. The molecule has 9 nitrogen and oxygen atoms in total. The summed E-state index contributed by atoms with van der Waals surface area (Å²) in [6.07, 6.45) is 3.41. The van der Waals surface area contributed by atoms with Crippen molar-refractivity contribution in [1.29, 1.82) is 0 Å². The lowest BCUT2D eigenvalue weighted by molar-refractivity contribution is -0.151. The van der Waals surface area contributed by atoms with Gasteiger partial charge in [0.2, 0.25) is 5.91 Å². The third-order valence-electron chi connectivity index (χ3n) is 6.59. The normalized spacial score (nSPS) is 12.7. The number of aromatic nitrogens is 2. The van der Waals surface area contributed by atoms with E-state index in [-0.39, 0.29) is 24.9 Å². The van der Waals surface area contributed by atoms with Gasteiger partial charge in [0.15, 0.2) is 5.82 Å². The SMILES string of the molecule is CCNCCN(CC(=O)N(C)N1Cc2ccccc2C1)C(=O)CNc1cc(-c2ncccn2)ccc1C. The fourth-order valence-electron chi connectivity index (χ4n) is 4.32. The molecule has 0 unspecified atom stereocenters. The number of nitrogens with zero attached hydrogens (tertiary/aromatic N) is 5. The molecule has 0 bridgehead atoms. The van der Waals surface area contributed by atoms with Crippen LogP contribution in [-0.2, 0) is 22.7 Å². The van der Waals surface area contributed by atoms with Gasteiger partial charge in [0, 0.05) is 56.9 Å². The standard InChI is InChI=1S/C28H35N7O2/c1-4-29-14-15-34(20-27(37)33(3)35-18-23-8-5-6-9-24(23)19-35)26(36)17-32-25-16-22(11-10-21(25)2)28-30-12-7-13-31-28/h5-13,16,29,32H,4,14-15,17-20H2,1-3H3. The van der Waals surface area contributed by atoms with Crippen molar-refractivity contribution in [3.63, 3.8) is 0 Å². The number of hydrogen-bond acceptors (Lipinski definition) is 7. The first kappa shape index (κ1) is 26.2. The molecule has 0 saturated carbocycles. The van der Waals surface area contributed by atoms with Gasteiger partial charge in [-0.1, -0.05) is 43.3 Å². The van der Waals surface area contributed by atoms with Crippen LogP contribution < -0.4 is 10.6 Å². The molecule has 1 aliphatic heterocycles. The molecule has 0 fully saturated rings. The largest absolute Gasteiger partial charge is 0.376 e. The molecule has 4 rings (SSSR count). The summed E-state index contributed by atoms with van der Waals surface area (Å²) in [6.45, 7) is 7.34. The van der Waals surface area contributed by atoms with Gasteiger partial charge in [-0.3, -0.25) is 14.6 Å². The molecule has 1 aliphatic rings. The minimum atomic E-state index is -0.134. The highest BCUT2D eigenvalue weighted by atomic mass is 16.2. The molecular weight excluding hydrogens is 466 g/mol. The molecule has 37 heavy (non-hydrogen) atoms. The van der Waals surface area contributed by atoms with E-state index in [0.717, 1.165) is 23.4 Å². The van der Waals surface area contributed by atoms with Gasteiger partial charge in [-0.25, -0.2) is 15.0 Å². The Labute approximate surface area is 218 Å². The summed E-state index contributed by atoms with van der Waals surface area (Å²) in [7, 11) is 1.78. The predicted octanol–water partition coefficient (Wildman–Crippen LogP) is 2.69. The van der Waals surface area contributed by atoms with Gasteiger partial charge in [-0.2, -0.15) is 0 Å². The molecule has 2 aromatic carbocycles. The minimum absolute atomic E-state index is 0.0200. The molecule has 0 aliphatic carbocycles. The van der Waals surface area contributed by atoms with E-state index in [9.17, 15) is 9.59 Å². The van der Waals surface area contributed by atoms with Crippen LogP contribution in [0.4, 0.5) is 5.69 Å². The van der Waals surface area contributed by atoms with E-state index < -0.39 is 0 Å². The van der Waals surface area contributed by atoms with Gasteiger partial charge in [0.05, 0.1) is 6.54 Å². The first-order valence-corrected chi connectivity index (χ1v) is 12.6. The number of carbonyl (C=O) groups excluding carboxylic acids is 2. The maximum atomic E-state index is 13.3. The number of benzene rings is 2. The fourth-order valence-corrected chi connectivity index (χ4v) is 4.32. The number of hydrogen-bond donors (Lipinski definition) is 2. The number of rotatable bonds is 11. The van der Waals surface area contributed by atoms with Crippen LogP contribution in [-0.4, -0.2) is 76.5 Å². The van der Waals surface area contributed by atoms with E-state index in [1.54, 1.807) is 35.4 Å². The van der Waals surface area contributed by atoms with Gasteiger partial charge in [0.1, 0.15) is 6.54 Å². The zero-order valence-electron chi connectivity index (χ0n) is 21.8. The van der Waals surface area contributed by atoms with E-state index in [1.165, 1.54) is 11.1 Å². The van der Waals surface area contributed by atoms with Crippen molar-refractivity contribution in [3.05, 3.63) is 77.6 Å². The third kappa shape index (κ3) is 6.69. The molecule has 9 heteroatoms. The van der Waals surface area contributed by atoms with E-state index in [0.29, 0.717) is 32.0 Å². The smallest absolute Gasteiger partial charge is 0.256 e. The molecular formula is C28H35N7O2. The maximum Gasteiger partial charge on any atom is 0.256 e. The number of nitrogens with one attached hydrogen (secondary N) is 2. The molecule has 194 valence electrons. The van der Waals surface area contributed by atoms with Crippen LogP contribution in [0.2, 0.25) is 0 Å². The van der Waals surface area contributed by atoms with Gasteiger partial charge in [-0.15, -0.1) is 0 Å². The Morgan fingerprint density at radius 1 is 1.00 bits per heavy atom. The molecule has 0 spiro atoms. The van der Waals surface area contributed by atoms with E-state index in [2.05, 4.69) is 32.7 Å². The number of aryl methyl sites for hydroxylation is 1. The Morgan fingerprint density at radius 2 is 1.70 bits per heavy atom. The molecule has 2 heterocycles. The lowest BCUT2D eigenvalue weighted by atomic mass is 10.1. The third-order valence-corrected chi connectivity index (χ3v) is 6.59. The van der Waals surface area contributed by atoms with E-state index >= 15 is 0 Å². The zero-order chi connectivity index (χ0) is 26.2. The average molecular weight is 502 g/mol. The molecule has 0 radical (unpaired) electrons. The Balaban J connectivity index is 1.39. The predicted molar refractivity (Wildman–Crippen MR) is 144 cm³/mol. The highest BCUT2D eigenvalue weighted by Gasteiger charge is 2.27. The van der Waals surface area contributed by atoms with Crippen LogP contribution in [0.5, 0.6) is 0 Å². The summed E-state index contributed by atoms with van der Waals surface area (Å²) in [4.78, 5) is 36.7. The van der Waals surface area contributed by atoms with Crippen LogP contribution in [0.15, 0.2) is 60.9 Å². The minimum Gasteiger partial charge on any atom is -0.376 e. The highest BCUT2D eigenvalue weighted by Crippen LogP contribution is 2.24. The van der Waals surface area contributed by atoms with Crippen molar-refractivity contribution in [2.45, 2.75) is 26.9 Å². The second-order valence-corrected chi connectivity index (χ2v) is 9.13. The van der Waals surface area contributed by atoms with Crippen LogP contribution in [0.3, 0.4) is 0 Å². The van der Waals surface area contributed by atoms with Crippen LogP contribution in [0, 0.1) is 6.92 Å². The van der Waals surface area contributed by atoms with Crippen molar-refractivity contribution < 1.29 is 9.59 Å². The quantitative estimate of drug-likeness (QED) is 0.390. The van der Waals surface area contributed by atoms with Gasteiger partial charge in [0.25, 0.3) is 5.91 Å². The van der Waals surface area contributed by atoms with Crippen LogP contribution in [0.1, 0.15) is 23.6 Å². The lowest BCUT2D eigenvalue weighted by Gasteiger charge is -2.31. The molecule has 0 saturated heterocycles. The van der Waals surface area contributed by atoms with Crippen molar-refractivity contribution in [3.8, 4) is 11.4 Å². The van der Waals surface area contributed by atoms with Gasteiger partial charge in [-0.05, 0) is 42.3 Å². The summed E-state index contributed by atoms with van der Waals surface area (Å²) in [6, 6.07) is 15.9. The lowest BCUT2D eigenvalue weighted by Crippen LogP contribution is -2.49. The van der Waals surface area contributed by atoms with Crippen LogP contribution in [0.25, 0.3) is 11.4 Å². The van der Waals surface area contributed by atoms with Gasteiger partial charge < -0.3 is 15.5 Å². The second kappa shape index (κ2) is 12.4. The Bertz CT molecular complexity index is 1190. The number of hydrazine groups is 1. The first-order chi connectivity index (χ1) is 18.0. The highest BCUT2D eigenvalue weighted by molar-refractivity contribution is 5.87. The summed E-state index contributed by atoms with van der Waals surface area (Å²) in [5.74, 6) is 0.379. The first-order valence-electron chi connectivity index (χ1n) is 12.6. The summed E-state index contributed by atoms with van der Waals surface area (Å²) >= 11 is 0. The number of anilines is 1. The topological polar surface area (TPSA) is 93.7 Å². The molecule has 3 aromatic rings. The van der Waals surface area contributed by atoms with E-state index in [4.69, 9.17) is 0 Å². The molecule has 0 atom stereocenters. The Kier molecular flexibility index (Phi) is 8.81. The number of fused-ring (bicyclic) bond motifs is 1. The number of carbonyl (C=O) groups is 2. The van der Waals surface area contributed by atoms with E-state index in [1.807, 2.05) is 49.2 Å². The molecule has 2 amide bonds. The number of likely N-dealkylation sites (N-methyl/N-ethyl adjacent to an activating group) is 2. The number of amides is 2. The Hall–Kier alpha value is -3.82. The summed E-state index contributed by atoms with van der Waals surface area (Å²) in [5, 5.41) is 10.2. The molecule has 2 N–H and O–H groups in total. The van der Waals surface area contributed by atoms with Crippen molar-refractivity contribution >= 4 is 17.5 Å². The van der Waals surface area contributed by atoms with Crippen molar-refractivity contribution in [2.24, 2.45) is 0 Å². The van der Waals surface area contributed by atoms with Crippen molar-refractivity contribution in [2.75, 3.05) is 45.1 Å². The second-order valence-electron chi connectivity index (χ2n) is 9.13. The maximum absolute atomic E-state index is 13.3. The monoisotopic (exact) mass is 501 g/mol. The summed E-state index contributed by atoms with van der Waals surface area (Å²) in [5.41, 5.74) is 5.17. The van der Waals surface area contributed by atoms with Crippen molar-refractivity contribution in [1.82, 2.24) is 30.2 Å². The van der Waals surface area contributed by atoms with Crippen LogP contribution >= 0.6 is 0 Å². The Morgan fingerprint density at radius 3 is 2.38 bits per heavy atom. The zero-order valence-corrected chi connectivity index (χ0v) is 21.8. The fraction of sp³-hybridized carbons (Fsp3) is 0.357. The van der Waals surface area contributed by atoms with Gasteiger partial charge >= 0.3 is 0 Å². The molecule has 1 aromatic heterocycles. The average Bonchev–Trinajstić information content (AvgIpc) is 3.36.